The first-order valence-corrected chi connectivity index (χ1v) is 11.7. The van der Waals surface area contributed by atoms with Crippen molar-refractivity contribution in [1.82, 2.24) is 15.0 Å². The van der Waals surface area contributed by atoms with Crippen molar-refractivity contribution in [3.8, 4) is 28.7 Å². The fraction of sp³-hybridized carbons (Fsp3) is 0.185. The Hall–Kier alpha value is -5.26. The van der Waals surface area contributed by atoms with Gasteiger partial charge < -0.3 is 33.8 Å². The first kappa shape index (κ1) is 25.4. The third kappa shape index (κ3) is 5.25. The lowest BCUT2D eigenvalue weighted by atomic mass is 10.1. The van der Waals surface area contributed by atoms with E-state index in [1.54, 1.807) is 49.7 Å². The molecule has 0 radical (unpaired) electrons. The van der Waals surface area contributed by atoms with Crippen molar-refractivity contribution < 1.29 is 33.3 Å². The van der Waals surface area contributed by atoms with Gasteiger partial charge in [0.05, 0.1) is 38.6 Å². The maximum atomic E-state index is 13.0. The number of ether oxygens (including phenoxy) is 4. The molecule has 0 atom stereocenters. The SMILES string of the molecule is COc1ccc(NC(=O)Cn2cc(COc3cc(O)c4c(=O)c5cc(OC)ccc5oc4c3)nn2)c(OC)c1. The number of amides is 1. The van der Waals surface area contributed by atoms with Crippen LogP contribution in [0.3, 0.4) is 0 Å². The minimum atomic E-state index is -0.386. The predicted molar refractivity (Wildman–Crippen MR) is 141 cm³/mol. The van der Waals surface area contributed by atoms with Crippen LogP contribution in [0.25, 0.3) is 21.9 Å². The van der Waals surface area contributed by atoms with Crippen molar-refractivity contribution in [1.29, 1.82) is 0 Å². The minimum Gasteiger partial charge on any atom is -0.507 e. The van der Waals surface area contributed by atoms with E-state index in [1.165, 1.54) is 31.0 Å². The molecule has 5 aromatic rings. The predicted octanol–water partition coefficient (Wildman–Crippen LogP) is 3.49. The van der Waals surface area contributed by atoms with E-state index in [4.69, 9.17) is 23.4 Å². The van der Waals surface area contributed by atoms with E-state index in [9.17, 15) is 14.7 Å². The quantitative estimate of drug-likeness (QED) is 0.270. The van der Waals surface area contributed by atoms with Crippen molar-refractivity contribution in [3.05, 3.63) is 70.6 Å². The highest BCUT2D eigenvalue weighted by molar-refractivity contribution is 5.94. The van der Waals surface area contributed by atoms with E-state index in [0.29, 0.717) is 34.2 Å². The van der Waals surface area contributed by atoms with E-state index in [1.807, 2.05) is 0 Å². The molecular formula is C27H24N4O8. The molecule has 0 fully saturated rings. The topological polar surface area (TPSA) is 147 Å². The van der Waals surface area contributed by atoms with Gasteiger partial charge in [-0.1, -0.05) is 5.21 Å². The third-order valence-corrected chi connectivity index (χ3v) is 5.89. The van der Waals surface area contributed by atoms with Gasteiger partial charge in [-0.05, 0) is 30.3 Å². The zero-order chi connectivity index (χ0) is 27.5. The summed E-state index contributed by atoms with van der Waals surface area (Å²) >= 11 is 0. The standard InChI is InChI=1S/C27H24N4O8/c1-35-16-5-7-22-19(8-16)27(34)26-21(32)9-18(11-24(26)39-22)38-14-15-12-31(30-29-15)13-25(33)28-20-6-4-17(36-2)10-23(20)37-3/h4-12,32H,13-14H2,1-3H3,(H,28,33). The number of anilines is 1. The molecule has 0 saturated carbocycles. The monoisotopic (exact) mass is 532 g/mol. The fourth-order valence-electron chi connectivity index (χ4n) is 4.00. The van der Waals surface area contributed by atoms with Gasteiger partial charge in [0, 0.05) is 18.2 Å². The van der Waals surface area contributed by atoms with Gasteiger partial charge in [-0.3, -0.25) is 9.59 Å². The van der Waals surface area contributed by atoms with Crippen LogP contribution < -0.4 is 29.7 Å². The van der Waals surface area contributed by atoms with Crippen LogP contribution in [0.4, 0.5) is 5.69 Å². The first-order valence-electron chi connectivity index (χ1n) is 11.7. The van der Waals surface area contributed by atoms with E-state index in [0.717, 1.165) is 0 Å². The number of fused-ring (bicyclic) bond motifs is 2. The van der Waals surface area contributed by atoms with Crippen LogP contribution in [0.15, 0.2) is 63.9 Å². The smallest absolute Gasteiger partial charge is 0.246 e. The van der Waals surface area contributed by atoms with E-state index in [-0.39, 0.29) is 52.3 Å². The molecule has 0 unspecified atom stereocenters. The number of carbonyl (C=O) groups excluding carboxylic acids is 1. The molecule has 2 heterocycles. The number of phenolic OH excluding ortho intramolecular Hbond substituents is 1. The Bertz CT molecular complexity index is 1740. The number of methoxy groups -OCH3 is 3. The number of benzene rings is 3. The number of aromatic hydroxyl groups is 1. The van der Waals surface area contributed by atoms with E-state index >= 15 is 0 Å². The first-order chi connectivity index (χ1) is 18.9. The van der Waals surface area contributed by atoms with Crippen LogP contribution in [0.2, 0.25) is 0 Å². The second-order valence-corrected chi connectivity index (χ2v) is 8.42. The average molecular weight is 533 g/mol. The molecule has 0 aliphatic heterocycles. The van der Waals surface area contributed by atoms with Crippen LogP contribution >= 0.6 is 0 Å². The maximum Gasteiger partial charge on any atom is 0.246 e. The molecule has 0 aliphatic carbocycles. The summed E-state index contributed by atoms with van der Waals surface area (Å²) in [5.41, 5.74) is 1.06. The van der Waals surface area contributed by atoms with Crippen molar-refractivity contribution in [2.45, 2.75) is 13.2 Å². The number of phenols is 1. The summed E-state index contributed by atoms with van der Waals surface area (Å²) in [5.74, 6) is 1.19. The molecule has 12 heteroatoms. The number of carbonyl (C=O) groups is 1. The average Bonchev–Trinajstić information content (AvgIpc) is 3.38. The van der Waals surface area contributed by atoms with Gasteiger partial charge in [0.25, 0.3) is 0 Å². The Morgan fingerprint density at radius 2 is 1.74 bits per heavy atom. The number of hydrogen-bond acceptors (Lipinski definition) is 10. The van der Waals surface area contributed by atoms with Crippen LogP contribution in [-0.2, 0) is 17.9 Å². The number of aromatic nitrogens is 3. The molecule has 200 valence electrons. The molecular weight excluding hydrogens is 508 g/mol. The van der Waals surface area contributed by atoms with Crippen LogP contribution in [0, 0.1) is 0 Å². The summed E-state index contributed by atoms with van der Waals surface area (Å²) in [6.07, 6.45) is 1.56. The van der Waals surface area contributed by atoms with Gasteiger partial charge in [0.1, 0.15) is 64.1 Å². The summed E-state index contributed by atoms with van der Waals surface area (Å²) in [6.45, 7) is -0.101. The van der Waals surface area contributed by atoms with E-state index in [2.05, 4.69) is 15.6 Å². The number of hydrogen-bond donors (Lipinski definition) is 2. The second kappa shape index (κ2) is 10.6. The molecule has 12 nitrogen and oxygen atoms in total. The molecule has 0 saturated heterocycles. The maximum absolute atomic E-state index is 13.0. The van der Waals surface area contributed by atoms with Crippen molar-refractivity contribution in [3.63, 3.8) is 0 Å². The highest BCUT2D eigenvalue weighted by Gasteiger charge is 2.15. The molecule has 39 heavy (non-hydrogen) atoms. The summed E-state index contributed by atoms with van der Waals surface area (Å²) in [5, 5.41) is 21.6. The highest BCUT2D eigenvalue weighted by atomic mass is 16.5. The Balaban J connectivity index is 1.27. The van der Waals surface area contributed by atoms with Crippen molar-refractivity contribution in [2.75, 3.05) is 26.6 Å². The van der Waals surface area contributed by atoms with Gasteiger partial charge >= 0.3 is 0 Å². The van der Waals surface area contributed by atoms with Gasteiger partial charge in [-0.15, -0.1) is 5.10 Å². The molecule has 0 aliphatic rings. The number of rotatable bonds is 9. The van der Waals surface area contributed by atoms with Crippen LogP contribution in [0.5, 0.6) is 28.7 Å². The lowest BCUT2D eigenvalue weighted by Crippen LogP contribution is -2.19. The van der Waals surface area contributed by atoms with Crippen LogP contribution in [0.1, 0.15) is 5.69 Å². The van der Waals surface area contributed by atoms with Crippen LogP contribution in [-0.4, -0.2) is 47.3 Å². The fourth-order valence-corrected chi connectivity index (χ4v) is 4.00. The van der Waals surface area contributed by atoms with Gasteiger partial charge in [-0.25, -0.2) is 4.68 Å². The Kier molecular flexibility index (Phi) is 6.91. The zero-order valence-corrected chi connectivity index (χ0v) is 21.3. The minimum absolute atomic E-state index is 0.00607. The molecule has 2 N–H and O–H groups in total. The van der Waals surface area contributed by atoms with Gasteiger partial charge in [0.2, 0.25) is 11.3 Å². The Morgan fingerprint density at radius 3 is 2.51 bits per heavy atom. The second-order valence-electron chi connectivity index (χ2n) is 8.42. The highest BCUT2D eigenvalue weighted by Crippen LogP contribution is 2.32. The molecule has 0 spiro atoms. The van der Waals surface area contributed by atoms with Crippen molar-refractivity contribution in [2.24, 2.45) is 0 Å². The molecule has 2 aromatic heterocycles. The van der Waals surface area contributed by atoms with Gasteiger partial charge in [0.15, 0.2) is 0 Å². The zero-order valence-electron chi connectivity index (χ0n) is 21.3. The van der Waals surface area contributed by atoms with Crippen molar-refractivity contribution >= 4 is 33.5 Å². The summed E-state index contributed by atoms with van der Waals surface area (Å²) < 4.78 is 28.6. The Morgan fingerprint density at radius 1 is 0.974 bits per heavy atom. The third-order valence-electron chi connectivity index (χ3n) is 5.89. The normalized spacial score (nSPS) is 10.9. The Labute approximate surface area is 221 Å². The van der Waals surface area contributed by atoms with Gasteiger partial charge in [-0.2, -0.15) is 0 Å². The molecule has 5 rings (SSSR count). The summed E-state index contributed by atoms with van der Waals surface area (Å²) in [7, 11) is 4.54. The number of nitrogens with one attached hydrogen (secondary N) is 1. The lowest BCUT2D eigenvalue weighted by Gasteiger charge is -2.11. The molecule has 1 amide bonds. The number of nitrogens with zero attached hydrogens (tertiary/aromatic N) is 3. The summed E-state index contributed by atoms with van der Waals surface area (Å²) in [4.78, 5) is 25.5. The lowest BCUT2D eigenvalue weighted by molar-refractivity contribution is -0.116. The van der Waals surface area contributed by atoms with E-state index < -0.39 is 0 Å². The summed E-state index contributed by atoms with van der Waals surface area (Å²) in [6, 6.07) is 12.7. The molecule has 3 aromatic carbocycles. The molecule has 0 bridgehead atoms. The largest absolute Gasteiger partial charge is 0.507 e.